The highest BCUT2D eigenvalue weighted by Gasteiger charge is 2.10. The molecule has 6 nitrogen and oxygen atoms in total. The molecule has 38 heavy (non-hydrogen) atoms. The molecule has 0 aliphatic rings. The second-order valence-corrected chi connectivity index (χ2v) is 9.64. The van der Waals surface area contributed by atoms with E-state index in [1.807, 2.05) is 12.1 Å². The van der Waals surface area contributed by atoms with Crippen LogP contribution in [0, 0.1) is 0 Å². The molecule has 1 atom stereocenters. The van der Waals surface area contributed by atoms with E-state index in [0.717, 1.165) is 54.4 Å². The van der Waals surface area contributed by atoms with Crippen LogP contribution in [-0.4, -0.2) is 38.9 Å². The summed E-state index contributed by atoms with van der Waals surface area (Å²) in [5.74, 6) is 0.804. The van der Waals surface area contributed by atoms with E-state index in [1.165, 1.54) is 0 Å². The first-order chi connectivity index (χ1) is 18.3. The van der Waals surface area contributed by atoms with E-state index in [0.29, 0.717) is 31.6 Å². The lowest BCUT2D eigenvalue weighted by atomic mass is 9.97. The molecule has 0 fully saturated rings. The smallest absolute Gasteiger partial charge is 0.161 e. The fraction of sp³-hybridized carbons (Fsp3) is 0.344. The molecule has 0 heterocycles. The number of rotatable bonds is 15. The van der Waals surface area contributed by atoms with Crippen molar-refractivity contribution < 1.29 is 30.0 Å². The Morgan fingerprint density at radius 1 is 0.895 bits per heavy atom. The van der Waals surface area contributed by atoms with Crippen LogP contribution >= 0.6 is 0 Å². The number of aliphatic hydroxyl groups is 1. The van der Waals surface area contributed by atoms with Gasteiger partial charge in [0.25, 0.3) is 0 Å². The van der Waals surface area contributed by atoms with Crippen LogP contribution in [0.2, 0.25) is 0 Å². The number of phenolic OH excluding ortho intramolecular Hbond substituents is 3. The van der Waals surface area contributed by atoms with Crippen LogP contribution in [0.4, 0.5) is 0 Å². The first-order valence-corrected chi connectivity index (χ1v) is 13.2. The molecule has 0 amide bonds. The highest BCUT2D eigenvalue weighted by atomic mass is 16.5. The van der Waals surface area contributed by atoms with Gasteiger partial charge in [0.1, 0.15) is 11.5 Å². The van der Waals surface area contributed by atoms with Crippen LogP contribution in [0.1, 0.15) is 56.6 Å². The average Bonchev–Trinajstić information content (AvgIpc) is 2.89. The SMILES string of the molecule is C[C@H](O)CCCCCC=CC(=O)CCc1ccc(O)c(OCCc2ccc(O)cc2-c2ccc(O)cc2)c1. The average molecular weight is 519 g/mol. The van der Waals surface area contributed by atoms with Gasteiger partial charge in [0.15, 0.2) is 17.3 Å². The molecule has 0 unspecified atom stereocenters. The second-order valence-electron chi connectivity index (χ2n) is 9.64. The minimum absolute atomic E-state index is 0.0417. The maximum absolute atomic E-state index is 12.2. The van der Waals surface area contributed by atoms with Crippen molar-refractivity contribution in [2.24, 2.45) is 0 Å². The monoisotopic (exact) mass is 518 g/mol. The van der Waals surface area contributed by atoms with Gasteiger partial charge in [-0.05, 0) is 97.3 Å². The van der Waals surface area contributed by atoms with Gasteiger partial charge in [-0.3, -0.25) is 4.79 Å². The van der Waals surface area contributed by atoms with Gasteiger partial charge in [-0.15, -0.1) is 0 Å². The predicted molar refractivity (Wildman–Crippen MR) is 150 cm³/mol. The standard InChI is InChI=1S/C32H38O6/c1-23(33)7-5-3-2-4-6-8-27(34)14-9-24-10-18-31(37)32(21-24)38-20-19-26-13-17-29(36)22-30(26)25-11-15-28(35)16-12-25/h6,8,10-13,15-18,21-23,33,35-37H,2-5,7,9,14,19-20H2,1H3/t23-/m0/s1. The van der Waals surface area contributed by atoms with Crippen molar-refractivity contribution in [3.63, 3.8) is 0 Å². The molecule has 0 aliphatic carbocycles. The molecule has 0 saturated carbocycles. The van der Waals surface area contributed by atoms with E-state index in [2.05, 4.69) is 0 Å². The lowest BCUT2D eigenvalue weighted by Gasteiger charge is -2.13. The Balaban J connectivity index is 1.49. The summed E-state index contributed by atoms with van der Waals surface area (Å²) >= 11 is 0. The second kappa shape index (κ2) is 14.8. The molecule has 202 valence electrons. The Labute approximate surface area is 224 Å². The molecule has 0 aromatic heterocycles. The number of aryl methyl sites for hydroxylation is 1. The maximum Gasteiger partial charge on any atom is 0.161 e. The summed E-state index contributed by atoms with van der Waals surface area (Å²) in [6.45, 7) is 2.11. The molecule has 3 aromatic carbocycles. The maximum atomic E-state index is 12.2. The van der Waals surface area contributed by atoms with E-state index in [9.17, 15) is 25.2 Å². The van der Waals surface area contributed by atoms with Gasteiger partial charge in [0, 0.05) is 12.8 Å². The Hall–Kier alpha value is -3.77. The summed E-state index contributed by atoms with van der Waals surface area (Å²) in [6.07, 6.45) is 9.53. The number of hydrogen-bond acceptors (Lipinski definition) is 6. The molecule has 4 N–H and O–H groups in total. The minimum Gasteiger partial charge on any atom is -0.508 e. The van der Waals surface area contributed by atoms with Crippen LogP contribution < -0.4 is 4.74 Å². The molecule has 0 saturated heterocycles. The van der Waals surface area contributed by atoms with E-state index in [1.54, 1.807) is 67.6 Å². The number of phenols is 3. The molecule has 3 aromatic rings. The molecular formula is C32H38O6. The van der Waals surface area contributed by atoms with Crippen molar-refractivity contribution in [1.29, 1.82) is 0 Å². The third kappa shape index (κ3) is 9.60. The number of benzene rings is 3. The summed E-state index contributed by atoms with van der Waals surface area (Å²) in [6, 6.07) is 17.1. The van der Waals surface area contributed by atoms with Crippen LogP contribution in [0.15, 0.2) is 72.8 Å². The number of unbranched alkanes of at least 4 members (excludes halogenated alkanes) is 3. The topological polar surface area (TPSA) is 107 Å². The van der Waals surface area contributed by atoms with Gasteiger partial charge in [0.05, 0.1) is 12.7 Å². The molecule has 0 radical (unpaired) electrons. The molecule has 0 aliphatic heterocycles. The van der Waals surface area contributed by atoms with Gasteiger partial charge < -0.3 is 25.2 Å². The predicted octanol–water partition coefficient (Wildman–Crippen LogP) is 6.48. The Bertz CT molecular complexity index is 1200. The fourth-order valence-corrected chi connectivity index (χ4v) is 4.24. The molecule has 3 rings (SSSR count). The number of carbonyl (C=O) groups is 1. The zero-order chi connectivity index (χ0) is 27.3. The van der Waals surface area contributed by atoms with Crippen LogP contribution in [0.25, 0.3) is 11.1 Å². The Morgan fingerprint density at radius 3 is 2.42 bits per heavy atom. The number of ether oxygens (including phenoxy) is 1. The van der Waals surface area contributed by atoms with Gasteiger partial charge in [-0.1, -0.05) is 43.2 Å². The minimum atomic E-state index is -0.248. The van der Waals surface area contributed by atoms with Crippen LogP contribution in [0.5, 0.6) is 23.0 Å². The molecule has 0 spiro atoms. The number of hydrogen-bond donors (Lipinski definition) is 4. The summed E-state index contributed by atoms with van der Waals surface area (Å²) < 4.78 is 5.89. The van der Waals surface area contributed by atoms with E-state index >= 15 is 0 Å². The lowest BCUT2D eigenvalue weighted by molar-refractivity contribution is -0.114. The third-order valence-electron chi connectivity index (χ3n) is 6.38. The molecule has 0 bridgehead atoms. The molecule has 6 heteroatoms. The van der Waals surface area contributed by atoms with E-state index < -0.39 is 0 Å². The third-order valence-corrected chi connectivity index (χ3v) is 6.38. The van der Waals surface area contributed by atoms with E-state index in [4.69, 9.17) is 4.74 Å². The zero-order valence-electron chi connectivity index (χ0n) is 22.0. The zero-order valence-corrected chi connectivity index (χ0v) is 22.0. The summed E-state index contributed by atoms with van der Waals surface area (Å²) in [4.78, 5) is 12.2. The summed E-state index contributed by atoms with van der Waals surface area (Å²) in [5.41, 5.74) is 3.59. The quantitative estimate of drug-likeness (QED) is 0.135. The number of aromatic hydroxyl groups is 3. The van der Waals surface area contributed by atoms with Crippen molar-refractivity contribution >= 4 is 5.78 Å². The molecular weight excluding hydrogens is 480 g/mol. The summed E-state index contributed by atoms with van der Waals surface area (Å²) in [7, 11) is 0. The fourth-order valence-electron chi connectivity index (χ4n) is 4.24. The number of ketones is 1. The normalized spacial score (nSPS) is 12.1. The Kier molecular flexibility index (Phi) is 11.2. The highest BCUT2D eigenvalue weighted by Crippen LogP contribution is 2.31. The first kappa shape index (κ1) is 28.8. The van der Waals surface area contributed by atoms with Crippen molar-refractivity contribution in [3.05, 3.63) is 83.9 Å². The Morgan fingerprint density at radius 2 is 1.66 bits per heavy atom. The first-order valence-electron chi connectivity index (χ1n) is 13.2. The van der Waals surface area contributed by atoms with Crippen molar-refractivity contribution in [3.8, 4) is 34.1 Å². The number of carbonyl (C=O) groups excluding carboxylic acids is 1. The number of allylic oxidation sites excluding steroid dienone is 2. The number of aliphatic hydroxyl groups excluding tert-OH is 1. The summed E-state index contributed by atoms with van der Waals surface area (Å²) in [5, 5.41) is 39.1. The van der Waals surface area contributed by atoms with Crippen molar-refractivity contribution in [2.45, 2.75) is 64.4 Å². The highest BCUT2D eigenvalue weighted by molar-refractivity contribution is 5.89. The van der Waals surface area contributed by atoms with Crippen molar-refractivity contribution in [2.75, 3.05) is 6.61 Å². The van der Waals surface area contributed by atoms with Gasteiger partial charge in [-0.25, -0.2) is 0 Å². The van der Waals surface area contributed by atoms with Crippen molar-refractivity contribution in [1.82, 2.24) is 0 Å². The van der Waals surface area contributed by atoms with Gasteiger partial charge in [-0.2, -0.15) is 0 Å². The van der Waals surface area contributed by atoms with Gasteiger partial charge in [0.2, 0.25) is 0 Å². The van der Waals surface area contributed by atoms with E-state index in [-0.39, 0.29) is 29.1 Å². The van der Waals surface area contributed by atoms with Crippen LogP contribution in [0.3, 0.4) is 0 Å². The largest absolute Gasteiger partial charge is 0.508 e. The van der Waals surface area contributed by atoms with Crippen LogP contribution in [-0.2, 0) is 17.6 Å². The van der Waals surface area contributed by atoms with Gasteiger partial charge >= 0.3 is 0 Å². The lowest BCUT2D eigenvalue weighted by Crippen LogP contribution is -2.04.